The topological polar surface area (TPSA) is 26.3 Å². The number of carbonyl (C=O) groups is 1. The van der Waals surface area contributed by atoms with Gasteiger partial charge in [0.25, 0.3) is 0 Å². The Hall–Kier alpha value is -0.790. The third kappa shape index (κ3) is 3.10. The molecule has 92 valence electrons. The van der Waals surface area contributed by atoms with Crippen LogP contribution in [0.1, 0.15) is 53.4 Å². The van der Waals surface area contributed by atoms with Gasteiger partial charge in [0.05, 0.1) is 0 Å². The molecular formula is C14H24O2. The summed E-state index contributed by atoms with van der Waals surface area (Å²) in [5.74, 6) is 0.366. The molecule has 2 nitrogen and oxygen atoms in total. The third-order valence-electron chi connectivity index (χ3n) is 3.72. The summed E-state index contributed by atoms with van der Waals surface area (Å²) in [5, 5.41) is 0. The predicted molar refractivity (Wildman–Crippen MR) is 66.1 cm³/mol. The van der Waals surface area contributed by atoms with Gasteiger partial charge >= 0.3 is 5.97 Å². The van der Waals surface area contributed by atoms with Crippen LogP contribution < -0.4 is 0 Å². The fourth-order valence-corrected chi connectivity index (χ4v) is 2.63. The number of hydrogen-bond acceptors (Lipinski definition) is 2. The molecule has 16 heavy (non-hydrogen) atoms. The van der Waals surface area contributed by atoms with Crippen LogP contribution in [0.4, 0.5) is 0 Å². The molecule has 1 rings (SSSR count). The molecule has 0 aromatic heterocycles. The molecule has 2 atom stereocenters. The average Bonchev–Trinajstić information content (AvgIpc) is 2.26. The molecule has 0 bridgehead atoms. The lowest BCUT2D eigenvalue weighted by Gasteiger charge is -2.39. The van der Waals surface area contributed by atoms with Crippen molar-refractivity contribution in [2.45, 2.75) is 59.5 Å². The Morgan fingerprint density at radius 1 is 1.56 bits per heavy atom. The smallest absolute Gasteiger partial charge is 0.302 e. The fourth-order valence-electron chi connectivity index (χ4n) is 2.63. The zero-order valence-electron chi connectivity index (χ0n) is 11.0. The highest BCUT2D eigenvalue weighted by Crippen LogP contribution is 2.39. The number of allylic oxidation sites excluding steroid dienone is 2. The first-order valence-electron chi connectivity index (χ1n) is 6.32. The summed E-state index contributed by atoms with van der Waals surface area (Å²) >= 11 is 0. The third-order valence-corrected chi connectivity index (χ3v) is 3.72. The molecule has 0 aromatic rings. The summed E-state index contributed by atoms with van der Waals surface area (Å²) in [6.45, 7) is 8.01. The van der Waals surface area contributed by atoms with Gasteiger partial charge in [0, 0.05) is 12.3 Å². The van der Waals surface area contributed by atoms with Crippen LogP contribution in [0.15, 0.2) is 12.2 Å². The Kier molecular flexibility index (Phi) is 4.57. The lowest BCUT2D eigenvalue weighted by atomic mass is 9.70. The van der Waals surface area contributed by atoms with Crippen molar-refractivity contribution in [3.05, 3.63) is 12.2 Å². The molecule has 0 aromatic carbocycles. The SMILES string of the molecule is CCC(OC(C)=O)C(C)(C)C1C=CCCC1. The second-order valence-electron chi connectivity index (χ2n) is 5.29. The van der Waals surface area contributed by atoms with Crippen molar-refractivity contribution in [2.24, 2.45) is 11.3 Å². The number of carbonyl (C=O) groups excluding carboxylic acids is 1. The highest BCUT2D eigenvalue weighted by molar-refractivity contribution is 5.66. The minimum absolute atomic E-state index is 0.0257. The van der Waals surface area contributed by atoms with Gasteiger partial charge in [-0.05, 0) is 31.6 Å². The zero-order chi connectivity index (χ0) is 12.2. The second-order valence-corrected chi connectivity index (χ2v) is 5.29. The van der Waals surface area contributed by atoms with Crippen LogP contribution in [0, 0.1) is 11.3 Å². The van der Waals surface area contributed by atoms with E-state index in [1.807, 2.05) is 0 Å². The van der Waals surface area contributed by atoms with E-state index < -0.39 is 0 Å². The summed E-state index contributed by atoms with van der Waals surface area (Å²) in [6, 6.07) is 0. The molecular weight excluding hydrogens is 200 g/mol. The molecule has 0 fully saturated rings. The maximum Gasteiger partial charge on any atom is 0.302 e. The van der Waals surface area contributed by atoms with Crippen LogP contribution >= 0.6 is 0 Å². The molecule has 0 aliphatic heterocycles. The van der Waals surface area contributed by atoms with Crippen molar-refractivity contribution in [3.8, 4) is 0 Å². The summed E-state index contributed by atoms with van der Waals surface area (Å²) < 4.78 is 5.44. The first-order valence-corrected chi connectivity index (χ1v) is 6.32. The molecule has 2 heteroatoms. The quantitative estimate of drug-likeness (QED) is 0.537. The first kappa shape index (κ1) is 13.3. The lowest BCUT2D eigenvalue weighted by molar-refractivity contribution is -0.154. The minimum Gasteiger partial charge on any atom is -0.462 e. The maximum absolute atomic E-state index is 11.1. The van der Waals surface area contributed by atoms with E-state index in [-0.39, 0.29) is 17.5 Å². The van der Waals surface area contributed by atoms with Gasteiger partial charge in [0.15, 0.2) is 0 Å². The Morgan fingerprint density at radius 2 is 2.25 bits per heavy atom. The summed E-state index contributed by atoms with van der Waals surface area (Å²) in [7, 11) is 0. The van der Waals surface area contributed by atoms with Gasteiger partial charge in [-0.1, -0.05) is 32.9 Å². The molecule has 0 radical (unpaired) electrons. The van der Waals surface area contributed by atoms with Crippen LogP contribution in [-0.4, -0.2) is 12.1 Å². The lowest BCUT2D eigenvalue weighted by Crippen LogP contribution is -2.39. The zero-order valence-corrected chi connectivity index (χ0v) is 11.0. The Labute approximate surface area is 99.1 Å². The van der Waals surface area contributed by atoms with Gasteiger partial charge in [-0.2, -0.15) is 0 Å². The normalized spacial score (nSPS) is 22.9. The highest BCUT2D eigenvalue weighted by atomic mass is 16.5. The molecule has 1 aliphatic carbocycles. The molecule has 0 saturated heterocycles. The van der Waals surface area contributed by atoms with Crippen molar-refractivity contribution in [1.29, 1.82) is 0 Å². The minimum atomic E-state index is -0.167. The van der Waals surface area contributed by atoms with E-state index in [4.69, 9.17) is 4.74 Å². The second kappa shape index (κ2) is 5.51. The molecule has 0 saturated carbocycles. The Bertz CT molecular complexity index is 266. The van der Waals surface area contributed by atoms with E-state index >= 15 is 0 Å². The number of ether oxygens (including phenoxy) is 1. The van der Waals surface area contributed by atoms with Crippen molar-refractivity contribution in [3.63, 3.8) is 0 Å². The van der Waals surface area contributed by atoms with Gasteiger partial charge in [0.2, 0.25) is 0 Å². The highest BCUT2D eigenvalue weighted by Gasteiger charge is 2.37. The van der Waals surface area contributed by atoms with Crippen LogP contribution in [-0.2, 0) is 9.53 Å². The maximum atomic E-state index is 11.1. The summed E-state index contributed by atoms with van der Waals surface area (Å²) in [5.41, 5.74) is 0.0390. The Morgan fingerprint density at radius 3 is 2.69 bits per heavy atom. The van der Waals surface area contributed by atoms with Gasteiger partial charge in [-0.15, -0.1) is 0 Å². The van der Waals surface area contributed by atoms with Crippen LogP contribution in [0.2, 0.25) is 0 Å². The van der Waals surface area contributed by atoms with E-state index in [0.29, 0.717) is 5.92 Å². The van der Waals surface area contributed by atoms with Crippen molar-refractivity contribution in [2.75, 3.05) is 0 Å². The van der Waals surface area contributed by atoms with E-state index in [9.17, 15) is 4.79 Å². The first-order chi connectivity index (χ1) is 7.48. The molecule has 0 spiro atoms. The van der Waals surface area contributed by atoms with Crippen molar-refractivity contribution in [1.82, 2.24) is 0 Å². The molecule has 0 N–H and O–H groups in total. The van der Waals surface area contributed by atoms with Gasteiger partial charge < -0.3 is 4.74 Å². The molecule has 0 amide bonds. The van der Waals surface area contributed by atoms with Gasteiger partial charge in [-0.3, -0.25) is 4.79 Å². The number of esters is 1. The van der Waals surface area contributed by atoms with E-state index in [2.05, 4.69) is 32.9 Å². The average molecular weight is 224 g/mol. The molecule has 2 unspecified atom stereocenters. The number of rotatable bonds is 4. The van der Waals surface area contributed by atoms with Crippen LogP contribution in [0.5, 0.6) is 0 Å². The van der Waals surface area contributed by atoms with E-state index in [0.717, 1.165) is 6.42 Å². The van der Waals surface area contributed by atoms with Gasteiger partial charge in [-0.25, -0.2) is 0 Å². The van der Waals surface area contributed by atoms with E-state index in [1.54, 1.807) is 0 Å². The monoisotopic (exact) mass is 224 g/mol. The van der Waals surface area contributed by atoms with Crippen molar-refractivity contribution >= 4 is 5.97 Å². The summed E-state index contributed by atoms with van der Waals surface area (Å²) in [6.07, 6.45) is 9.13. The summed E-state index contributed by atoms with van der Waals surface area (Å²) in [4.78, 5) is 11.1. The fraction of sp³-hybridized carbons (Fsp3) is 0.786. The predicted octanol–water partition coefficient (Wildman–Crippen LogP) is 3.71. The molecule has 0 heterocycles. The van der Waals surface area contributed by atoms with Crippen LogP contribution in [0.25, 0.3) is 0 Å². The largest absolute Gasteiger partial charge is 0.462 e. The van der Waals surface area contributed by atoms with Crippen LogP contribution in [0.3, 0.4) is 0 Å². The van der Waals surface area contributed by atoms with Gasteiger partial charge in [0.1, 0.15) is 6.10 Å². The van der Waals surface area contributed by atoms with E-state index in [1.165, 1.54) is 26.2 Å². The standard InChI is InChI=1S/C14H24O2/c1-5-13(16-11(2)15)14(3,4)12-9-7-6-8-10-12/h7,9,12-13H,5-6,8,10H2,1-4H3. The number of hydrogen-bond donors (Lipinski definition) is 0. The van der Waals surface area contributed by atoms with Crippen molar-refractivity contribution < 1.29 is 9.53 Å². The molecule has 1 aliphatic rings. The Balaban J connectivity index is 2.75.